The number of likely N-dealkylation sites (tertiary alicyclic amines) is 1. The average Bonchev–Trinajstić information content (AvgIpc) is 2.46. The molecule has 19 heavy (non-hydrogen) atoms. The van der Waals surface area contributed by atoms with Gasteiger partial charge in [-0.3, -0.25) is 4.79 Å². The number of hydrogen-bond acceptors (Lipinski definition) is 4. The van der Waals surface area contributed by atoms with Gasteiger partial charge in [-0.05, 0) is 30.9 Å². The quantitative estimate of drug-likeness (QED) is 0.769. The summed E-state index contributed by atoms with van der Waals surface area (Å²) in [6.45, 7) is 1.35. The van der Waals surface area contributed by atoms with Crippen molar-refractivity contribution in [2.75, 3.05) is 32.1 Å². The van der Waals surface area contributed by atoms with E-state index in [2.05, 4.69) is 5.32 Å². The highest BCUT2D eigenvalue weighted by molar-refractivity contribution is 5.97. The molecule has 1 aliphatic heterocycles. The fraction of sp³-hybridized carbons (Fsp3) is 0.500. The number of aliphatic hydroxyl groups is 1. The van der Waals surface area contributed by atoms with E-state index in [0.717, 1.165) is 18.5 Å². The first kappa shape index (κ1) is 13.7. The molecule has 0 bridgehead atoms. The van der Waals surface area contributed by atoms with Gasteiger partial charge in [0.25, 0.3) is 5.91 Å². The third-order valence-corrected chi connectivity index (χ3v) is 3.58. The van der Waals surface area contributed by atoms with Crippen LogP contribution in [-0.2, 0) is 0 Å². The molecule has 0 aliphatic carbocycles. The normalized spacial score (nSPS) is 19.3. The molecule has 1 saturated heterocycles. The summed E-state index contributed by atoms with van der Waals surface area (Å²) in [5.74, 6) is -0.0299. The Morgan fingerprint density at radius 2 is 2.32 bits per heavy atom. The summed E-state index contributed by atoms with van der Waals surface area (Å²) in [4.78, 5) is 14.1. The van der Waals surface area contributed by atoms with Gasteiger partial charge in [0, 0.05) is 38.5 Å². The Labute approximate surface area is 112 Å². The molecule has 0 saturated carbocycles. The van der Waals surface area contributed by atoms with E-state index in [4.69, 9.17) is 0 Å². The lowest BCUT2D eigenvalue weighted by Crippen LogP contribution is -2.40. The molecule has 1 aromatic carbocycles. The number of hydrogen-bond donors (Lipinski definition) is 3. The third kappa shape index (κ3) is 2.98. The highest BCUT2D eigenvalue weighted by atomic mass is 16.3. The number of rotatable bonds is 3. The van der Waals surface area contributed by atoms with Gasteiger partial charge in [-0.2, -0.15) is 0 Å². The van der Waals surface area contributed by atoms with Crippen molar-refractivity contribution in [1.82, 2.24) is 4.90 Å². The minimum absolute atomic E-state index is 0.0111. The lowest BCUT2D eigenvalue weighted by molar-refractivity contribution is 0.0618. The number of anilines is 1. The monoisotopic (exact) mass is 264 g/mol. The maximum atomic E-state index is 12.3. The van der Waals surface area contributed by atoms with Gasteiger partial charge in [-0.15, -0.1) is 0 Å². The Balaban J connectivity index is 2.15. The summed E-state index contributed by atoms with van der Waals surface area (Å²) < 4.78 is 0. The van der Waals surface area contributed by atoms with Crippen LogP contribution in [-0.4, -0.2) is 47.8 Å². The maximum Gasteiger partial charge on any atom is 0.257 e. The van der Waals surface area contributed by atoms with Crippen molar-refractivity contribution < 1.29 is 15.0 Å². The van der Waals surface area contributed by atoms with Crippen LogP contribution in [0.15, 0.2) is 18.2 Å². The Hall–Kier alpha value is -1.75. The number of nitrogens with zero attached hydrogens (tertiary/aromatic N) is 1. The lowest BCUT2D eigenvalue weighted by atomic mass is 9.98. The van der Waals surface area contributed by atoms with Crippen LogP contribution in [0.5, 0.6) is 5.75 Å². The summed E-state index contributed by atoms with van der Waals surface area (Å²) in [5.41, 5.74) is 1.08. The Kier molecular flexibility index (Phi) is 4.27. The van der Waals surface area contributed by atoms with Gasteiger partial charge in [0.15, 0.2) is 0 Å². The van der Waals surface area contributed by atoms with Gasteiger partial charge in [0.1, 0.15) is 5.75 Å². The van der Waals surface area contributed by atoms with Gasteiger partial charge < -0.3 is 20.4 Å². The predicted molar refractivity (Wildman–Crippen MR) is 73.4 cm³/mol. The van der Waals surface area contributed by atoms with Crippen molar-refractivity contribution in [3.8, 4) is 5.75 Å². The molecule has 1 heterocycles. The molecule has 0 aromatic heterocycles. The first-order valence-corrected chi connectivity index (χ1v) is 6.56. The number of piperidine rings is 1. The second kappa shape index (κ2) is 5.93. The van der Waals surface area contributed by atoms with Gasteiger partial charge in [0.2, 0.25) is 0 Å². The summed E-state index contributed by atoms with van der Waals surface area (Å²) in [6.07, 6.45) is 1.84. The fourth-order valence-electron chi connectivity index (χ4n) is 2.44. The van der Waals surface area contributed by atoms with Crippen molar-refractivity contribution in [2.24, 2.45) is 5.92 Å². The van der Waals surface area contributed by atoms with Crippen molar-refractivity contribution in [2.45, 2.75) is 12.8 Å². The van der Waals surface area contributed by atoms with Crippen LogP contribution in [0.25, 0.3) is 0 Å². The maximum absolute atomic E-state index is 12.3. The molecule has 0 spiro atoms. The van der Waals surface area contributed by atoms with E-state index >= 15 is 0 Å². The van der Waals surface area contributed by atoms with Crippen LogP contribution in [0, 0.1) is 5.92 Å². The Morgan fingerprint density at radius 3 is 2.95 bits per heavy atom. The van der Waals surface area contributed by atoms with E-state index in [1.54, 1.807) is 30.1 Å². The Bertz CT molecular complexity index is 462. The topological polar surface area (TPSA) is 72.8 Å². The molecule has 1 atom stereocenters. The minimum atomic E-state index is -0.168. The van der Waals surface area contributed by atoms with Gasteiger partial charge in [0.05, 0.1) is 5.56 Å². The number of carbonyl (C=O) groups excluding carboxylic acids is 1. The van der Waals surface area contributed by atoms with Gasteiger partial charge >= 0.3 is 0 Å². The average molecular weight is 264 g/mol. The van der Waals surface area contributed by atoms with E-state index in [-0.39, 0.29) is 24.2 Å². The summed E-state index contributed by atoms with van der Waals surface area (Å²) in [5, 5.41) is 22.0. The largest absolute Gasteiger partial charge is 0.507 e. The van der Waals surface area contributed by atoms with E-state index in [1.165, 1.54) is 0 Å². The van der Waals surface area contributed by atoms with E-state index < -0.39 is 0 Å². The standard InChI is InChI=1S/C14H20N2O3/c1-15-11-4-5-12(13(18)7-11)14(19)16-6-2-3-10(8-16)9-17/h4-5,7,10,15,17-18H,2-3,6,8-9H2,1H3. The molecule has 1 aliphatic rings. The zero-order valence-corrected chi connectivity index (χ0v) is 11.1. The van der Waals surface area contributed by atoms with Crippen LogP contribution in [0.4, 0.5) is 5.69 Å². The third-order valence-electron chi connectivity index (χ3n) is 3.58. The van der Waals surface area contributed by atoms with Crippen LogP contribution >= 0.6 is 0 Å². The van der Waals surface area contributed by atoms with E-state index in [0.29, 0.717) is 18.7 Å². The van der Waals surface area contributed by atoms with Crippen LogP contribution < -0.4 is 5.32 Å². The highest BCUT2D eigenvalue weighted by Gasteiger charge is 2.25. The molecule has 1 fully saturated rings. The zero-order valence-electron chi connectivity index (χ0n) is 11.1. The molecule has 3 N–H and O–H groups in total. The molecular formula is C14H20N2O3. The number of phenols is 1. The van der Waals surface area contributed by atoms with Crippen molar-refractivity contribution in [1.29, 1.82) is 0 Å². The number of benzene rings is 1. The first-order chi connectivity index (χ1) is 9.15. The molecule has 2 rings (SSSR count). The van der Waals surface area contributed by atoms with Gasteiger partial charge in [-0.1, -0.05) is 0 Å². The second-order valence-corrected chi connectivity index (χ2v) is 4.92. The summed E-state index contributed by atoms with van der Waals surface area (Å²) in [6, 6.07) is 4.94. The number of aliphatic hydroxyl groups excluding tert-OH is 1. The van der Waals surface area contributed by atoms with Crippen molar-refractivity contribution in [3.05, 3.63) is 23.8 Å². The summed E-state index contributed by atoms with van der Waals surface area (Å²) >= 11 is 0. The molecule has 1 aromatic rings. The van der Waals surface area contributed by atoms with E-state index in [1.807, 2.05) is 0 Å². The van der Waals surface area contributed by atoms with Gasteiger partial charge in [-0.25, -0.2) is 0 Å². The molecule has 0 radical (unpaired) electrons. The molecule has 1 amide bonds. The first-order valence-electron chi connectivity index (χ1n) is 6.56. The number of phenolic OH excluding ortho intramolecular Hbond substituents is 1. The van der Waals surface area contributed by atoms with Crippen molar-refractivity contribution in [3.63, 3.8) is 0 Å². The minimum Gasteiger partial charge on any atom is -0.507 e. The number of amides is 1. The smallest absolute Gasteiger partial charge is 0.257 e. The molecule has 1 unspecified atom stereocenters. The SMILES string of the molecule is CNc1ccc(C(=O)N2CCCC(CO)C2)c(O)c1. The molecular weight excluding hydrogens is 244 g/mol. The van der Waals surface area contributed by atoms with E-state index in [9.17, 15) is 15.0 Å². The second-order valence-electron chi connectivity index (χ2n) is 4.92. The Morgan fingerprint density at radius 1 is 1.53 bits per heavy atom. The molecule has 104 valence electrons. The number of nitrogens with one attached hydrogen (secondary N) is 1. The molecule has 5 heteroatoms. The zero-order chi connectivity index (χ0) is 13.8. The number of carbonyl (C=O) groups is 1. The molecule has 5 nitrogen and oxygen atoms in total. The van der Waals surface area contributed by atoms with Crippen LogP contribution in [0.2, 0.25) is 0 Å². The van der Waals surface area contributed by atoms with Crippen LogP contribution in [0.1, 0.15) is 23.2 Å². The van der Waals surface area contributed by atoms with Crippen molar-refractivity contribution >= 4 is 11.6 Å². The summed E-state index contributed by atoms with van der Waals surface area (Å²) in [7, 11) is 1.76. The number of aromatic hydroxyl groups is 1. The fourth-order valence-corrected chi connectivity index (χ4v) is 2.44. The van der Waals surface area contributed by atoms with Crippen LogP contribution in [0.3, 0.4) is 0 Å². The lowest BCUT2D eigenvalue weighted by Gasteiger charge is -2.32. The predicted octanol–water partition coefficient (Wildman–Crippen LogP) is 1.28. The highest BCUT2D eigenvalue weighted by Crippen LogP contribution is 2.25.